The highest BCUT2D eigenvalue weighted by atomic mass is 16.2. The molecule has 5 heteroatoms. The minimum atomic E-state index is -0.268. The van der Waals surface area contributed by atoms with Gasteiger partial charge in [0.2, 0.25) is 5.91 Å². The van der Waals surface area contributed by atoms with E-state index < -0.39 is 0 Å². The van der Waals surface area contributed by atoms with Gasteiger partial charge in [0.25, 0.3) is 5.56 Å². The number of para-hydroxylation sites is 3. The number of aromatic nitrogens is 2. The molecule has 0 atom stereocenters. The lowest BCUT2D eigenvalue weighted by Gasteiger charge is -2.23. The van der Waals surface area contributed by atoms with Crippen LogP contribution in [-0.4, -0.2) is 22.0 Å². The largest absolute Gasteiger partial charge is 0.311 e. The summed E-state index contributed by atoms with van der Waals surface area (Å²) in [6.07, 6.45) is 3.18. The first-order valence-corrected chi connectivity index (χ1v) is 8.50. The highest BCUT2D eigenvalue weighted by molar-refractivity contribution is 5.93. The van der Waals surface area contributed by atoms with E-state index in [-0.39, 0.29) is 18.0 Å². The Balaban J connectivity index is 1.94. The fourth-order valence-electron chi connectivity index (χ4n) is 2.82. The van der Waals surface area contributed by atoms with Crippen molar-refractivity contribution >= 4 is 22.6 Å². The monoisotopic (exact) mass is 335 g/mol. The van der Waals surface area contributed by atoms with Gasteiger partial charge >= 0.3 is 0 Å². The van der Waals surface area contributed by atoms with Crippen molar-refractivity contribution in [3.05, 3.63) is 71.1 Å². The van der Waals surface area contributed by atoms with E-state index in [4.69, 9.17) is 0 Å². The maximum atomic E-state index is 13.0. The number of rotatable bonds is 6. The van der Waals surface area contributed by atoms with Crippen LogP contribution in [-0.2, 0) is 11.3 Å². The molecule has 5 nitrogen and oxygen atoms in total. The van der Waals surface area contributed by atoms with Gasteiger partial charge in [0, 0.05) is 12.2 Å². The number of amides is 1. The van der Waals surface area contributed by atoms with Crippen molar-refractivity contribution in [2.45, 2.75) is 26.3 Å². The van der Waals surface area contributed by atoms with E-state index >= 15 is 0 Å². The second kappa shape index (κ2) is 7.75. The fourth-order valence-corrected chi connectivity index (χ4v) is 2.82. The van der Waals surface area contributed by atoms with Crippen LogP contribution in [0.1, 0.15) is 19.8 Å². The summed E-state index contributed by atoms with van der Waals surface area (Å²) in [5, 5.41) is 0. The first kappa shape index (κ1) is 16.9. The topological polar surface area (TPSA) is 55.2 Å². The third kappa shape index (κ3) is 3.76. The average molecular weight is 335 g/mol. The number of hydrogen-bond acceptors (Lipinski definition) is 3. The van der Waals surface area contributed by atoms with E-state index in [1.165, 1.54) is 10.8 Å². The van der Waals surface area contributed by atoms with Crippen LogP contribution < -0.4 is 10.5 Å². The molecule has 1 heterocycles. The van der Waals surface area contributed by atoms with Crippen molar-refractivity contribution in [2.24, 2.45) is 0 Å². The molecule has 0 bridgehead atoms. The molecule has 0 aliphatic carbocycles. The Morgan fingerprint density at radius 3 is 2.56 bits per heavy atom. The molecule has 128 valence electrons. The van der Waals surface area contributed by atoms with Crippen LogP contribution in [0.3, 0.4) is 0 Å². The van der Waals surface area contributed by atoms with E-state index in [0.29, 0.717) is 17.6 Å². The minimum Gasteiger partial charge on any atom is -0.311 e. The summed E-state index contributed by atoms with van der Waals surface area (Å²) >= 11 is 0. The van der Waals surface area contributed by atoms with E-state index in [0.717, 1.165) is 18.5 Å². The Kier molecular flexibility index (Phi) is 5.23. The van der Waals surface area contributed by atoms with Crippen molar-refractivity contribution < 1.29 is 4.79 Å². The Bertz CT molecular complexity index is 919. The molecule has 25 heavy (non-hydrogen) atoms. The second-order valence-electron chi connectivity index (χ2n) is 5.91. The van der Waals surface area contributed by atoms with Crippen molar-refractivity contribution in [1.29, 1.82) is 0 Å². The molecular formula is C20H21N3O2. The van der Waals surface area contributed by atoms with E-state index in [2.05, 4.69) is 11.9 Å². The molecule has 0 spiro atoms. The first-order valence-electron chi connectivity index (χ1n) is 8.50. The highest BCUT2D eigenvalue weighted by Gasteiger charge is 2.17. The van der Waals surface area contributed by atoms with Gasteiger partial charge in [-0.25, -0.2) is 4.98 Å². The van der Waals surface area contributed by atoms with Gasteiger partial charge in [-0.2, -0.15) is 0 Å². The summed E-state index contributed by atoms with van der Waals surface area (Å²) in [6, 6.07) is 16.9. The number of unbranched alkanes of at least 4 members (excludes halogenated alkanes) is 1. The molecule has 0 radical (unpaired) electrons. The first-order chi connectivity index (χ1) is 12.2. The summed E-state index contributed by atoms with van der Waals surface area (Å²) in [6.45, 7) is 2.73. The lowest BCUT2D eigenvalue weighted by Crippen LogP contribution is -2.37. The number of benzene rings is 2. The molecule has 0 fully saturated rings. The van der Waals surface area contributed by atoms with Crippen LogP contribution in [0.4, 0.5) is 5.69 Å². The summed E-state index contributed by atoms with van der Waals surface area (Å²) in [4.78, 5) is 31.1. The average Bonchev–Trinajstić information content (AvgIpc) is 2.65. The van der Waals surface area contributed by atoms with Gasteiger partial charge in [0.1, 0.15) is 6.54 Å². The summed E-state index contributed by atoms with van der Waals surface area (Å²) in [7, 11) is 0. The summed E-state index contributed by atoms with van der Waals surface area (Å²) < 4.78 is 1.49. The lowest BCUT2D eigenvalue weighted by molar-refractivity contribution is -0.119. The predicted octanol–water partition coefficient (Wildman–Crippen LogP) is 3.23. The molecule has 1 amide bonds. The molecule has 0 saturated heterocycles. The molecule has 2 aromatic carbocycles. The Hall–Kier alpha value is -2.95. The Labute approximate surface area is 146 Å². The number of nitrogens with zero attached hydrogens (tertiary/aromatic N) is 3. The van der Waals surface area contributed by atoms with Crippen LogP contribution in [0.2, 0.25) is 0 Å². The van der Waals surface area contributed by atoms with Crippen molar-refractivity contribution in [3.63, 3.8) is 0 Å². The molecule has 3 rings (SSSR count). The number of carbonyl (C=O) groups is 1. The molecular weight excluding hydrogens is 314 g/mol. The maximum Gasteiger partial charge on any atom is 0.269 e. The number of fused-ring (bicyclic) bond motifs is 1. The van der Waals surface area contributed by atoms with Gasteiger partial charge in [-0.3, -0.25) is 14.2 Å². The minimum absolute atomic E-state index is 0.000471. The quantitative estimate of drug-likeness (QED) is 0.695. The third-order valence-electron chi connectivity index (χ3n) is 4.15. The van der Waals surface area contributed by atoms with Crippen molar-refractivity contribution in [2.75, 3.05) is 11.4 Å². The third-order valence-corrected chi connectivity index (χ3v) is 4.15. The lowest BCUT2D eigenvalue weighted by atomic mass is 10.2. The smallest absolute Gasteiger partial charge is 0.269 e. The molecule has 0 N–H and O–H groups in total. The van der Waals surface area contributed by atoms with Gasteiger partial charge in [0.05, 0.1) is 17.2 Å². The van der Waals surface area contributed by atoms with E-state index in [1.807, 2.05) is 54.6 Å². The highest BCUT2D eigenvalue weighted by Crippen LogP contribution is 2.16. The van der Waals surface area contributed by atoms with E-state index in [1.54, 1.807) is 4.90 Å². The van der Waals surface area contributed by atoms with Crippen molar-refractivity contribution in [3.8, 4) is 0 Å². The number of anilines is 1. The summed E-state index contributed by atoms with van der Waals surface area (Å²) in [5.74, 6) is -0.0990. The van der Waals surface area contributed by atoms with Gasteiger partial charge < -0.3 is 4.90 Å². The van der Waals surface area contributed by atoms with Crippen LogP contribution in [0.5, 0.6) is 0 Å². The molecule has 1 aromatic heterocycles. The van der Waals surface area contributed by atoms with Gasteiger partial charge in [-0.15, -0.1) is 0 Å². The van der Waals surface area contributed by atoms with Crippen molar-refractivity contribution in [1.82, 2.24) is 9.55 Å². The van der Waals surface area contributed by atoms with Crippen LogP contribution in [0.25, 0.3) is 11.0 Å². The molecule has 0 saturated carbocycles. The SMILES string of the molecule is CCCCN(C(=O)Cn1c(=O)cnc2ccccc21)c1ccccc1. The van der Waals surface area contributed by atoms with Crippen LogP contribution in [0, 0.1) is 0 Å². The molecule has 3 aromatic rings. The zero-order valence-electron chi connectivity index (χ0n) is 14.3. The van der Waals surface area contributed by atoms with Gasteiger partial charge in [0.15, 0.2) is 0 Å². The second-order valence-corrected chi connectivity index (χ2v) is 5.91. The zero-order valence-corrected chi connectivity index (χ0v) is 14.3. The van der Waals surface area contributed by atoms with Crippen LogP contribution >= 0.6 is 0 Å². The molecule has 0 aliphatic rings. The van der Waals surface area contributed by atoms with Crippen LogP contribution in [0.15, 0.2) is 65.6 Å². The standard InChI is InChI=1S/C20H21N3O2/c1-2-3-13-22(16-9-5-4-6-10-16)20(25)15-23-18-12-8-7-11-17(18)21-14-19(23)24/h4-12,14H,2-3,13,15H2,1H3. The Morgan fingerprint density at radius 2 is 1.80 bits per heavy atom. The fraction of sp³-hybridized carbons (Fsp3) is 0.250. The van der Waals surface area contributed by atoms with E-state index in [9.17, 15) is 9.59 Å². The molecule has 0 aliphatic heterocycles. The maximum absolute atomic E-state index is 13.0. The predicted molar refractivity (Wildman–Crippen MR) is 99.7 cm³/mol. The zero-order chi connectivity index (χ0) is 17.6. The Morgan fingerprint density at radius 1 is 1.08 bits per heavy atom. The summed E-state index contributed by atoms with van der Waals surface area (Å²) in [5.41, 5.74) is 1.96. The number of hydrogen-bond donors (Lipinski definition) is 0. The number of carbonyl (C=O) groups excluding carboxylic acids is 1. The van der Waals surface area contributed by atoms with Gasteiger partial charge in [-0.1, -0.05) is 43.7 Å². The molecule has 0 unspecified atom stereocenters. The van der Waals surface area contributed by atoms with Gasteiger partial charge in [-0.05, 0) is 30.7 Å². The normalized spacial score (nSPS) is 10.8.